The molecule has 1 aromatic rings. The molecule has 0 aliphatic heterocycles. The van der Waals surface area contributed by atoms with Gasteiger partial charge in [-0.1, -0.05) is 0 Å². The number of hydrogen-bond donors (Lipinski definition) is 1. The molecule has 0 aliphatic rings. The molecule has 1 aromatic heterocycles. The van der Waals surface area contributed by atoms with Crippen LogP contribution in [0.25, 0.3) is 0 Å². The van der Waals surface area contributed by atoms with Crippen LogP contribution in [0.4, 0.5) is 11.8 Å². The Bertz CT molecular complexity index is 281. The normalized spacial score (nSPS) is 8.67. The number of nitrogens with one attached hydrogen (secondary N) is 1. The van der Waals surface area contributed by atoms with Crippen LogP contribution in [0.5, 0.6) is 0 Å². The molecular formula is C3H3KN4O4. The zero-order valence-corrected chi connectivity index (χ0v) is 5.05. The van der Waals surface area contributed by atoms with Crippen molar-refractivity contribution in [2.45, 2.75) is 0 Å². The van der Waals surface area contributed by atoms with Crippen LogP contribution in [-0.2, 0) is 0 Å². The Morgan fingerprint density at radius 2 is 1.92 bits per heavy atom. The number of imidazole rings is 1. The summed E-state index contributed by atoms with van der Waals surface area (Å²) in [6, 6.07) is 0. The fourth-order valence-electron chi connectivity index (χ4n) is 0.489. The van der Waals surface area contributed by atoms with Crippen LogP contribution in [0.1, 0.15) is 0 Å². The van der Waals surface area contributed by atoms with E-state index in [4.69, 9.17) is 0 Å². The second-order valence-electron chi connectivity index (χ2n) is 1.60. The van der Waals surface area contributed by atoms with Crippen molar-refractivity contribution >= 4 is 63.2 Å². The molecule has 0 atom stereocenters. The maximum absolute atomic E-state index is 9.94. The molecule has 9 heteroatoms. The fourth-order valence-corrected chi connectivity index (χ4v) is 0.489. The molecular weight excluding hydrogens is 195 g/mol. The average molecular weight is 198 g/mol. The van der Waals surface area contributed by atoms with E-state index < -0.39 is 21.6 Å². The van der Waals surface area contributed by atoms with Crippen LogP contribution >= 0.6 is 0 Å². The van der Waals surface area contributed by atoms with Gasteiger partial charge in [-0.25, -0.2) is 4.98 Å². The first-order chi connectivity index (χ1) is 5.11. The van der Waals surface area contributed by atoms with Crippen molar-refractivity contribution in [3.63, 3.8) is 0 Å². The third-order valence-corrected chi connectivity index (χ3v) is 0.911. The average Bonchev–Trinajstić information content (AvgIpc) is 2.33. The third-order valence-electron chi connectivity index (χ3n) is 0.911. The van der Waals surface area contributed by atoms with Crippen molar-refractivity contribution in [1.29, 1.82) is 0 Å². The van der Waals surface area contributed by atoms with E-state index >= 15 is 0 Å². The van der Waals surface area contributed by atoms with Crippen LogP contribution in [0.3, 0.4) is 0 Å². The Balaban J connectivity index is 0.00000121. The first-order valence-electron chi connectivity index (χ1n) is 2.45. The van der Waals surface area contributed by atoms with E-state index in [9.17, 15) is 20.2 Å². The van der Waals surface area contributed by atoms with E-state index in [0.717, 1.165) is 6.20 Å². The number of H-pyrrole nitrogens is 1. The van der Waals surface area contributed by atoms with E-state index in [1.165, 1.54) is 0 Å². The van der Waals surface area contributed by atoms with Crippen molar-refractivity contribution in [2.75, 3.05) is 0 Å². The SMILES string of the molecule is O=[N+]([O-])c1c[nH]c([N+](=O)[O-])n1.[KH]. The van der Waals surface area contributed by atoms with Crippen LogP contribution in [-0.4, -0.2) is 71.2 Å². The monoisotopic (exact) mass is 198 g/mol. The molecule has 0 saturated carbocycles. The molecule has 0 aromatic carbocycles. The fraction of sp³-hybridized carbons (Fsp3) is 0. The van der Waals surface area contributed by atoms with Crippen molar-refractivity contribution < 1.29 is 9.85 Å². The van der Waals surface area contributed by atoms with Gasteiger partial charge in [-0.2, -0.15) is 0 Å². The van der Waals surface area contributed by atoms with Crippen molar-refractivity contribution in [3.05, 3.63) is 26.4 Å². The molecule has 0 spiro atoms. The predicted molar refractivity (Wildman–Crippen MR) is 39.0 cm³/mol. The quantitative estimate of drug-likeness (QED) is 0.393. The van der Waals surface area contributed by atoms with Crippen LogP contribution < -0.4 is 0 Å². The minimum absolute atomic E-state index is 0. The van der Waals surface area contributed by atoms with Gasteiger partial charge in [0.2, 0.25) is 0 Å². The van der Waals surface area contributed by atoms with Gasteiger partial charge < -0.3 is 20.2 Å². The van der Waals surface area contributed by atoms with Gasteiger partial charge in [0, 0.05) is 0 Å². The van der Waals surface area contributed by atoms with E-state index in [-0.39, 0.29) is 51.4 Å². The summed E-state index contributed by atoms with van der Waals surface area (Å²) in [5.41, 5.74) is 0. The third kappa shape index (κ3) is 2.60. The summed E-state index contributed by atoms with van der Waals surface area (Å²) < 4.78 is 0. The van der Waals surface area contributed by atoms with Gasteiger partial charge in [0.05, 0.1) is 0 Å². The molecule has 0 bridgehead atoms. The number of rotatable bonds is 2. The molecule has 0 saturated heterocycles. The molecule has 0 amide bonds. The molecule has 0 fully saturated rings. The Labute approximate surface area is 108 Å². The summed E-state index contributed by atoms with van der Waals surface area (Å²) >= 11 is 0. The van der Waals surface area contributed by atoms with E-state index in [1.54, 1.807) is 0 Å². The van der Waals surface area contributed by atoms with E-state index in [1.807, 2.05) is 4.98 Å². The second kappa shape index (κ2) is 4.62. The Kier molecular flexibility index (Phi) is 4.48. The first kappa shape index (κ1) is 11.6. The van der Waals surface area contributed by atoms with Crippen molar-refractivity contribution in [2.24, 2.45) is 0 Å². The Morgan fingerprint density at radius 1 is 1.33 bits per heavy atom. The Hall–Kier alpha value is -0.354. The summed E-state index contributed by atoms with van der Waals surface area (Å²) in [6.07, 6.45) is 0.859. The van der Waals surface area contributed by atoms with Gasteiger partial charge in [0.25, 0.3) is 0 Å². The van der Waals surface area contributed by atoms with Gasteiger partial charge in [0.1, 0.15) is 0 Å². The van der Waals surface area contributed by atoms with Crippen LogP contribution in [0, 0.1) is 20.2 Å². The van der Waals surface area contributed by atoms with E-state index in [0.29, 0.717) is 0 Å². The molecule has 1 N–H and O–H groups in total. The number of aromatic nitrogens is 2. The van der Waals surface area contributed by atoms with Crippen molar-refractivity contribution in [3.8, 4) is 0 Å². The van der Waals surface area contributed by atoms with Gasteiger partial charge in [-0.15, -0.1) is 0 Å². The molecule has 12 heavy (non-hydrogen) atoms. The molecule has 8 nitrogen and oxygen atoms in total. The summed E-state index contributed by atoms with van der Waals surface area (Å²) in [4.78, 5) is 23.3. The number of nitro groups is 2. The number of aromatic amines is 1. The van der Waals surface area contributed by atoms with Crippen LogP contribution in [0.2, 0.25) is 0 Å². The molecule has 0 aliphatic carbocycles. The van der Waals surface area contributed by atoms with Gasteiger partial charge >= 0.3 is 63.2 Å². The summed E-state index contributed by atoms with van der Waals surface area (Å²) in [7, 11) is 0. The van der Waals surface area contributed by atoms with E-state index in [2.05, 4.69) is 4.98 Å². The van der Waals surface area contributed by atoms with Crippen molar-refractivity contribution in [1.82, 2.24) is 9.97 Å². The standard InChI is InChI=1S/C3H2N4O4.K.H/c8-6(9)2-1-4-3(5-2)7(10)11;;/h1H,(H,4,5);;. The van der Waals surface area contributed by atoms with Gasteiger partial charge in [0.15, 0.2) is 6.20 Å². The number of nitrogens with zero attached hydrogens (tertiary/aromatic N) is 3. The summed E-state index contributed by atoms with van der Waals surface area (Å²) in [5.74, 6) is -1.19. The predicted octanol–water partition coefficient (Wildman–Crippen LogP) is -0.422. The van der Waals surface area contributed by atoms with Gasteiger partial charge in [-0.05, 0) is 14.8 Å². The maximum atomic E-state index is 9.94. The topological polar surface area (TPSA) is 115 Å². The number of hydrogen-bond acceptors (Lipinski definition) is 5. The second-order valence-corrected chi connectivity index (χ2v) is 1.60. The van der Waals surface area contributed by atoms with Gasteiger partial charge in [-0.3, -0.25) is 0 Å². The molecule has 0 radical (unpaired) electrons. The first-order valence-corrected chi connectivity index (χ1v) is 2.45. The molecule has 1 rings (SSSR count). The minimum atomic E-state index is -0.840. The zero-order chi connectivity index (χ0) is 8.43. The summed E-state index contributed by atoms with van der Waals surface area (Å²) in [6.45, 7) is 0. The molecule has 0 unspecified atom stereocenters. The Morgan fingerprint density at radius 3 is 2.17 bits per heavy atom. The summed E-state index contributed by atoms with van der Waals surface area (Å²) in [5, 5.41) is 19.9. The molecule has 60 valence electrons. The molecule has 1 heterocycles. The van der Waals surface area contributed by atoms with Crippen LogP contribution in [0.15, 0.2) is 6.20 Å². The zero-order valence-electron chi connectivity index (χ0n) is 5.05.